The second-order valence-electron chi connectivity index (χ2n) is 6.14. The van der Waals surface area contributed by atoms with Crippen molar-refractivity contribution in [1.29, 1.82) is 0 Å². The lowest BCUT2D eigenvalue weighted by atomic mass is 9.71. The molecule has 0 aliphatic carbocycles. The van der Waals surface area contributed by atoms with Gasteiger partial charge in [-0.25, -0.2) is 0 Å². The summed E-state index contributed by atoms with van der Waals surface area (Å²) in [6.07, 6.45) is 5.80. The second-order valence-corrected chi connectivity index (χ2v) is 6.14. The molecule has 2 atom stereocenters. The van der Waals surface area contributed by atoms with Crippen LogP contribution in [0.15, 0.2) is 0 Å². The predicted molar refractivity (Wildman–Crippen MR) is 73.1 cm³/mol. The van der Waals surface area contributed by atoms with Crippen molar-refractivity contribution in [3.63, 3.8) is 0 Å². The highest BCUT2D eigenvalue weighted by Gasteiger charge is 2.28. The van der Waals surface area contributed by atoms with E-state index in [1.807, 2.05) is 0 Å². The highest BCUT2D eigenvalue weighted by molar-refractivity contribution is 5.66. The van der Waals surface area contributed by atoms with E-state index in [0.717, 1.165) is 19.3 Å². The fraction of sp³-hybridized carbons (Fsp3) is 0.933. The maximum atomic E-state index is 10.8. The molecule has 0 saturated heterocycles. The number of aliphatic carboxylic acids is 1. The molecule has 0 aromatic carbocycles. The first kappa shape index (κ1) is 16.5. The fourth-order valence-corrected chi connectivity index (χ4v) is 2.67. The molecule has 0 rings (SSSR count). The molecular formula is C15H30O2. The first-order chi connectivity index (χ1) is 7.83. The number of hydrogen-bond acceptors (Lipinski definition) is 1. The Morgan fingerprint density at radius 2 is 1.53 bits per heavy atom. The van der Waals surface area contributed by atoms with E-state index in [2.05, 4.69) is 34.6 Å². The molecule has 2 nitrogen and oxygen atoms in total. The van der Waals surface area contributed by atoms with E-state index >= 15 is 0 Å². The monoisotopic (exact) mass is 242 g/mol. The number of carbonyl (C=O) groups is 1. The molecule has 0 heterocycles. The van der Waals surface area contributed by atoms with Gasteiger partial charge in [0.1, 0.15) is 0 Å². The molecule has 1 N–H and O–H groups in total. The quantitative estimate of drug-likeness (QED) is 0.634. The van der Waals surface area contributed by atoms with Crippen LogP contribution in [0.4, 0.5) is 0 Å². The summed E-state index contributed by atoms with van der Waals surface area (Å²) >= 11 is 0. The van der Waals surface area contributed by atoms with Crippen molar-refractivity contribution in [3.8, 4) is 0 Å². The van der Waals surface area contributed by atoms with E-state index in [0.29, 0.717) is 18.3 Å². The fourth-order valence-electron chi connectivity index (χ4n) is 2.67. The van der Waals surface area contributed by atoms with E-state index in [1.165, 1.54) is 12.8 Å². The van der Waals surface area contributed by atoms with Gasteiger partial charge in [0.15, 0.2) is 0 Å². The Balaban J connectivity index is 4.49. The number of rotatable bonds is 9. The Bertz CT molecular complexity index is 211. The van der Waals surface area contributed by atoms with Gasteiger partial charge in [-0.3, -0.25) is 4.79 Å². The van der Waals surface area contributed by atoms with Crippen molar-refractivity contribution >= 4 is 5.97 Å². The lowest BCUT2D eigenvalue weighted by Crippen LogP contribution is -2.23. The molecule has 0 amide bonds. The summed E-state index contributed by atoms with van der Waals surface area (Å²) in [5.41, 5.74) is 0.198. The van der Waals surface area contributed by atoms with Crippen molar-refractivity contribution in [3.05, 3.63) is 0 Å². The number of carboxylic acid groups (broad SMARTS) is 1. The van der Waals surface area contributed by atoms with E-state index < -0.39 is 5.97 Å². The molecule has 0 spiro atoms. The standard InChI is InChI=1S/C15H30O2/c1-6-12(3)10-15(5,9-8-14(16)17)11-13(4)7-2/h12-13H,6-11H2,1-5H3,(H,16,17). The van der Waals surface area contributed by atoms with Crippen molar-refractivity contribution in [1.82, 2.24) is 0 Å². The predicted octanol–water partition coefficient (Wildman–Crippen LogP) is 4.73. The summed E-state index contributed by atoms with van der Waals surface area (Å²) in [7, 11) is 0. The van der Waals surface area contributed by atoms with Crippen LogP contribution in [0.1, 0.15) is 73.1 Å². The van der Waals surface area contributed by atoms with Crippen LogP contribution in [0.2, 0.25) is 0 Å². The molecule has 0 fully saturated rings. The molecule has 2 unspecified atom stereocenters. The molecule has 0 aromatic heterocycles. The van der Waals surface area contributed by atoms with Gasteiger partial charge in [-0.2, -0.15) is 0 Å². The summed E-state index contributed by atoms with van der Waals surface area (Å²) in [4.78, 5) is 10.8. The zero-order valence-corrected chi connectivity index (χ0v) is 12.3. The molecule has 0 aliphatic heterocycles. The summed E-state index contributed by atoms with van der Waals surface area (Å²) in [5.74, 6) is 0.722. The van der Waals surface area contributed by atoms with Crippen molar-refractivity contribution in [2.24, 2.45) is 17.3 Å². The highest BCUT2D eigenvalue weighted by atomic mass is 16.4. The van der Waals surface area contributed by atoms with Crippen molar-refractivity contribution in [2.75, 3.05) is 0 Å². The molecule has 0 aromatic rings. The van der Waals surface area contributed by atoms with E-state index in [9.17, 15) is 4.79 Å². The molecule has 0 aliphatic rings. The number of carboxylic acids is 1. The summed E-state index contributed by atoms with van der Waals surface area (Å²) in [5, 5.41) is 8.86. The highest BCUT2D eigenvalue weighted by Crippen LogP contribution is 2.39. The zero-order chi connectivity index (χ0) is 13.5. The third kappa shape index (κ3) is 7.40. The largest absolute Gasteiger partial charge is 0.481 e. The van der Waals surface area contributed by atoms with Crippen LogP contribution in [-0.2, 0) is 4.79 Å². The Hall–Kier alpha value is -0.530. The van der Waals surface area contributed by atoms with Gasteiger partial charge >= 0.3 is 5.97 Å². The zero-order valence-electron chi connectivity index (χ0n) is 12.3. The van der Waals surface area contributed by atoms with Crippen LogP contribution in [0.25, 0.3) is 0 Å². The molecule has 0 radical (unpaired) electrons. The molecule has 2 heteroatoms. The van der Waals surface area contributed by atoms with Crippen LogP contribution in [-0.4, -0.2) is 11.1 Å². The lowest BCUT2D eigenvalue weighted by Gasteiger charge is -2.34. The Morgan fingerprint density at radius 3 is 1.82 bits per heavy atom. The number of hydrogen-bond donors (Lipinski definition) is 1. The van der Waals surface area contributed by atoms with Gasteiger partial charge in [0.2, 0.25) is 0 Å². The Morgan fingerprint density at radius 1 is 1.12 bits per heavy atom. The van der Waals surface area contributed by atoms with Crippen molar-refractivity contribution < 1.29 is 9.90 Å². The van der Waals surface area contributed by atoms with E-state index in [1.54, 1.807) is 0 Å². The smallest absolute Gasteiger partial charge is 0.303 e. The maximum absolute atomic E-state index is 10.8. The van der Waals surface area contributed by atoms with Gasteiger partial charge in [0.05, 0.1) is 0 Å². The van der Waals surface area contributed by atoms with Gasteiger partial charge in [-0.1, -0.05) is 47.5 Å². The summed E-state index contributed by atoms with van der Waals surface area (Å²) in [6.45, 7) is 11.2. The molecule has 0 saturated carbocycles. The van der Waals surface area contributed by atoms with Gasteiger partial charge in [0.25, 0.3) is 0 Å². The van der Waals surface area contributed by atoms with Crippen molar-refractivity contribution in [2.45, 2.75) is 73.1 Å². The lowest BCUT2D eigenvalue weighted by molar-refractivity contribution is -0.137. The molecule has 102 valence electrons. The topological polar surface area (TPSA) is 37.3 Å². The maximum Gasteiger partial charge on any atom is 0.303 e. The van der Waals surface area contributed by atoms with E-state index in [-0.39, 0.29) is 5.41 Å². The molecule has 0 bridgehead atoms. The average Bonchev–Trinajstić information content (AvgIpc) is 2.26. The van der Waals surface area contributed by atoms with Gasteiger partial charge in [0, 0.05) is 6.42 Å². The minimum absolute atomic E-state index is 0.198. The van der Waals surface area contributed by atoms with E-state index in [4.69, 9.17) is 5.11 Å². The van der Waals surface area contributed by atoms with Crippen LogP contribution in [0.5, 0.6) is 0 Å². The third-order valence-corrected chi connectivity index (χ3v) is 4.02. The van der Waals surface area contributed by atoms with Gasteiger partial charge in [-0.05, 0) is 36.5 Å². The van der Waals surface area contributed by atoms with Crippen LogP contribution in [0, 0.1) is 17.3 Å². The first-order valence-electron chi connectivity index (χ1n) is 7.04. The van der Waals surface area contributed by atoms with Gasteiger partial charge in [-0.15, -0.1) is 0 Å². The Labute approximate surface area is 107 Å². The van der Waals surface area contributed by atoms with Gasteiger partial charge < -0.3 is 5.11 Å². The third-order valence-electron chi connectivity index (χ3n) is 4.02. The Kier molecular flexibility index (Phi) is 7.49. The summed E-state index contributed by atoms with van der Waals surface area (Å²) in [6, 6.07) is 0. The van der Waals surface area contributed by atoms with Crippen LogP contribution >= 0.6 is 0 Å². The molecule has 17 heavy (non-hydrogen) atoms. The normalized spacial score (nSPS) is 18.4. The van der Waals surface area contributed by atoms with Crippen LogP contribution in [0.3, 0.4) is 0 Å². The molecular weight excluding hydrogens is 212 g/mol. The SMILES string of the molecule is CCC(C)CC(C)(CCC(=O)O)CC(C)CC. The first-order valence-corrected chi connectivity index (χ1v) is 7.04. The minimum atomic E-state index is -0.662. The minimum Gasteiger partial charge on any atom is -0.481 e. The average molecular weight is 242 g/mol. The second kappa shape index (κ2) is 7.73. The summed E-state index contributed by atoms with van der Waals surface area (Å²) < 4.78 is 0. The van der Waals surface area contributed by atoms with Crippen LogP contribution < -0.4 is 0 Å².